The standard InChI is InChI=1S/C7H6O4S.CO2/c8-7(9)5-3-1-2-4-6(5)12(10)11;2-1-3/h1-4H,(H,8,9)(H,10,11);. The Morgan fingerprint density at radius 2 is 1.73 bits per heavy atom. The van der Waals surface area contributed by atoms with Crippen LogP contribution in [0, 0.1) is 0 Å². The van der Waals surface area contributed by atoms with E-state index in [1.807, 2.05) is 0 Å². The molecule has 1 aromatic rings. The Balaban J connectivity index is 0.000000583. The summed E-state index contributed by atoms with van der Waals surface area (Å²) in [6.07, 6.45) is 0.250. The highest BCUT2D eigenvalue weighted by Crippen LogP contribution is 2.11. The van der Waals surface area contributed by atoms with Crippen LogP contribution in [-0.4, -0.2) is 26.0 Å². The van der Waals surface area contributed by atoms with Gasteiger partial charge in [0.2, 0.25) is 0 Å². The van der Waals surface area contributed by atoms with Gasteiger partial charge in [0.05, 0.1) is 10.5 Å². The topological polar surface area (TPSA) is 109 Å². The SMILES string of the molecule is O=C(O)c1ccccc1S(=O)O.O=C=O. The Labute approximate surface area is 86.8 Å². The first kappa shape index (κ1) is 13.2. The molecule has 0 aromatic heterocycles. The molecule has 0 aliphatic rings. The van der Waals surface area contributed by atoms with Crippen molar-refractivity contribution in [3.63, 3.8) is 0 Å². The second-order valence-electron chi connectivity index (χ2n) is 2.13. The molecule has 0 spiro atoms. The summed E-state index contributed by atoms with van der Waals surface area (Å²) >= 11 is -2.24. The lowest BCUT2D eigenvalue weighted by molar-refractivity contribution is -0.191. The maximum atomic E-state index is 10.6. The molecule has 0 fully saturated rings. The molecule has 0 aliphatic heterocycles. The van der Waals surface area contributed by atoms with Gasteiger partial charge in [-0.25, -0.2) is 9.00 Å². The van der Waals surface area contributed by atoms with Crippen molar-refractivity contribution in [1.82, 2.24) is 0 Å². The molecule has 1 unspecified atom stereocenters. The summed E-state index contributed by atoms with van der Waals surface area (Å²) in [4.78, 5) is 26.7. The monoisotopic (exact) mass is 230 g/mol. The van der Waals surface area contributed by atoms with Gasteiger partial charge in [0, 0.05) is 0 Å². The van der Waals surface area contributed by atoms with Crippen molar-refractivity contribution in [2.75, 3.05) is 0 Å². The Hall–Kier alpha value is -1.82. The summed E-state index contributed by atoms with van der Waals surface area (Å²) in [7, 11) is 0. The van der Waals surface area contributed by atoms with Crippen LogP contribution in [0.15, 0.2) is 29.2 Å². The lowest BCUT2D eigenvalue weighted by atomic mass is 10.2. The van der Waals surface area contributed by atoms with Crippen LogP contribution >= 0.6 is 0 Å². The molecule has 0 saturated heterocycles. The molecule has 1 aromatic carbocycles. The minimum Gasteiger partial charge on any atom is -0.478 e. The minimum atomic E-state index is -2.24. The lowest BCUT2D eigenvalue weighted by Gasteiger charge is -1.98. The zero-order valence-corrected chi connectivity index (χ0v) is 8.06. The van der Waals surface area contributed by atoms with E-state index in [2.05, 4.69) is 0 Å². The first-order chi connectivity index (χ1) is 7.04. The molecular formula is C8H6O6S. The maximum absolute atomic E-state index is 10.6. The van der Waals surface area contributed by atoms with Crippen molar-refractivity contribution in [3.8, 4) is 0 Å². The van der Waals surface area contributed by atoms with E-state index in [1.165, 1.54) is 24.3 Å². The predicted molar refractivity (Wildman–Crippen MR) is 47.4 cm³/mol. The highest BCUT2D eigenvalue weighted by molar-refractivity contribution is 7.79. The van der Waals surface area contributed by atoms with Crippen molar-refractivity contribution < 1.29 is 28.3 Å². The van der Waals surface area contributed by atoms with Crippen LogP contribution < -0.4 is 0 Å². The molecule has 1 atom stereocenters. The van der Waals surface area contributed by atoms with Crippen molar-refractivity contribution in [1.29, 1.82) is 0 Å². The van der Waals surface area contributed by atoms with Gasteiger partial charge in [0.1, 0.15) is 0 Å². The van der Waals surface area contributed by atoms with E-state index in [0.29, 0.717) is 0 Å². The first-order valence-electron chi connectivity index (χ1n) is 3.47. The van der Waals surface area contributed by atoms with Crippen molar-refractivity contribution in [3.05, 3.63) is 29.8 Å². The second kappa shape index (κ2) is 6.61. The number of rotatable bonds is 2. The molecule has 0 bridgehead atoms. The Kier molecular flexibility index (Phi) is 5.81. The van der Waals surface area contributed by atoms with Gasteiger partial charge in [-0.15, -0.1) is 0 Å². The van der Waals surface area contributed by atoms with Crippen LogP contribution in [0.1, 0.15) is 10.4 Å². The van der Waals surface area contributed by atoms with Crippen LogP contribution in [-0.2, 0) is 20.7 Å². The summed E-state index contributed by atoms with van der Waals surface area (Å²) in [6.45, 7) is 0. The molecule has 0 radical (unpaired) electrons. The zero-order chi connectivity index (χ0) is 11.8. The van der Waals surface area contributed by atoms with E-state index in [4.69, 9.17) is 19.2 Å². The number of hydrogen-bond donors (Lipinski definition) is 2. The second-order valence-corrected chi connectivity index (χ2v) is 3.07. The predicted octanol–water partition coefficient (Wildman–Crippen LogP) is 0.382. The van der Waals surface area contributed by atoms with Gasteiger partial charge >= 0.3 is 12.1 Å². The third-order valence-electron chi connectivity index (χ3n) is 1.31. The van der Waals surface area contributed by atoms with Crippen molar-refractivity contribution >= 4 is 23.2 Å². The molecule has 0 heterocycles. The highest BCUT2D eigenvalue weighted by atomic mass is 32.2. The van der Waals surface area contributed by atoms with Gasteiger partial charge in [-0.3, -0.25) is 0 Å². The molecule has 2 N–H and O–H groups in total. The number of benzene rings is 1. The summed E-state index contributed by atoms with van der Waals surface area (Å²) in [5.41, 5.74) is -0.140. The normalized spacial score (nSPS) is 10.5. The Bertz CT molecular complexity index is 374. The molecule has 0 saturated carbocycles. The fraction of sp³-hybridized carbons (Fsp3) is 0. The van der Waals surface area contributed by atoms with E-state index in [-0.39, 0.29) is 16.6 Å². The Morgan fingerprint density at radius 3 is 2.07 bits per heavy atom. The molecule has 0 aliphatic carbocycles. The number of carbonyl (C=O) groups is 1. The van der Waals surface area contributed by atoms with Crippen molar-refractivity contribution in [2.24, 2.45) is 0 Å². The molecule has 80 valence electrons. The third kappa shape index (κ3) is 4.28. The van der Waals surface area contributed by atoms with E-state index in [1.54, 1.807) is 0 Å². The van der Waals surface area contributed by atoms with Gasteiger partial charge in [0.15, 0.2) is 11.1 Å². The van der Waals surface area contributed by atoms with Crippen LogP contribution in [0.4, 0.5) is 0 Å². The smallest absolute Gasteiger partial charge is 0.373 e. The van der Waals surface area contributed by atoms with E-state index in [0.717, 1.165) is 0 Å². The summed E-state index contributed by atoms with van der Waals surface area (Å²) < 4.78 is 19.2. The van der Waals surface area contributed by atoms with Gasteiger partial charge in [-0.2, -0.15) is 9.59 Å². The number of hydrogen-bond acceptors (Lipinski definition) is 4. The zero-order valence-electron chi connectivity index (χ0n) is 7.25. The average molecular weight is 230 g/mol. The minimum absolute atomic E-state index is 0.0787. The summed E-state index contributed by atoms with van der Waals surface area (Å²) in [5, 5.41) is 8.57. The fourth-order valence-corrected chi connectivity index (χ4v) is 1.33. The molecular weight excluding hydrogens is 224 g/mol. The van der Waals surface area contributed by atoms with E-state index < -0.39 is 17.0 Å². The Morgan fingerprint density at radius 1 is 1.27 bits per heavy atom. The van der Waals surface area contributed by atoms with Crippen LogP contribution in [0.3, 0.4) is 0 Å². The largest absolute Gasteiger partial charge is 0.478 e. The van der Waals surface area contributed by atoms with E-state index in [9.17, 15) is 9.00 Å². The molecule has 0 amide bonds. The van der Waals surface area contributed by atoms with E-state index >= 15 is 0 Å². The summed E-state index contributed by atoms with van der Waals surface area (Å²) in [5.74, 6) is -1.20. The van der Waals surface area contributed by atoms with Crippen LogP contribution in [0.25, 0.3) is 0 Å². The quantitative estimate of drug-likeness (QED) is 0.711. The first-order valence-corrected chi connectivity index (χ1v) is 4.57. The number of carbonyl (C=O) groups excluding carboxylic acids is 2. The van der Waals surface area contributed by atoms with Gasteiger partial charge < -0.3 is 9.66 Å². The van der Waals surface area contributed by atoms with Crippen LogP contribution in [0.5, 0.6) is 0 Å². The van der Waals surface area contributed by atoms with Crippen molar-refractivity contribution in [2.45, 2.75) is 4.90 Å². The number of aromatic carboxylic acids is 1. The third-order valence-corrected chi connectivity index (χ3v) is 2.04. The lowest BCUT2D eigenvalue weighted by Crippen LogP contribution is -2.02. The number of carboxylic acid groups (broad SMARTS) is 1. The molecule has 15 heavy (non-hydrogen) atoms. The van der Waals surface area contributed by atoms with Crippen LogP contribution in [0.2, 0.25) is 0 Å². The highest BCUT2D eigenvalue weighted by Gasteiger charge is 2.12. The molecule has 1 rings (SSSR count). The molecule has 6 nitrogen and oxygen atoms in total. The summed E-state index contributed by atoms with van der Waals surface area (Å²) in [6, 6.07) is 5.60. The fourth-order valence-electron chi connectivity index (χ4n) is 0.796. The maximum Gasteiger partial charge on any atom is 0.373 e. The number of carboxylic acids is 1. The molecule has 7 heteroatoms. The average Bonchev–Trinajstić information content (AvgIpc) is 2.19. The van der Waals surface area contributed by atoms with Gasteiger partial charge in [-0.1, -0.05) is 12.1 Å². The van der Waals surface area contributed by atoms with Gasteiger partial charge in [0.25, 0.3) is 0 Å². The van der Waals surface area contributed by atoms with Gasteiger partial charge in [-0.05, 0) is 12.1 Å².